The summed E-state index contributed by atoms with van der Waals surface area (Å²) >= 11 is 5.87. The number of carbonyl (C=O) groups is 2. The maximum Gasteiger partial charge on any atom is 0.239 e. The second-order valence-electron chi connectivity index (χ2n) is 6.08. The zero-order valence-corrected chi connectivity index (χ0v) is 15.1. The van der Waals surface area contributed by atoms with Crippen molar-refractivity contribution in [2.45, 2.75) is 19.4 Å². The molecule has 6 nitrogen and oxygen atoms in total. The van der Waals surface area contributed by atoms with Gasteiger partial charge in [-0.25, -0.2) is 0 Å². The SMILES string of the molecule is O=C(NCCCOCc1ccco1)C1CCN(c2ccc(Cl)cc2)C1=O. The van der Waals surface area contributed by atoms with Gasteiger partial charge < -0.3 is 19.4 Å². The van der Waals surface area contributed by atoms with Gasteiger partial charge in [-0.2, -0.15) is 0 Å². The van der Waals surface area contributed by atoms with E-state index >= 15 is 0 Å². The molecule has 1 aromatic heterocycles. The third-order valence-electron chi connectivity index (χ3n) is 4.25. The van der Waals surface area contributed by atoms with Gasteiger partial charge in [-0.05, 0) is 49.2 Å². The van der Waals surface area contributed by atoms with Crippen molar-refractivity contribution in [2.24, 2.45) is 5.92 Å². The van der Waals surface area contributed by atoms with Crippen molar-refractivity contribution in [1.82, 2.24) is 5.32 Å². The topological polar surface area (TPSA) is 71.8 Å². The van der Waals surface area contributed by atoms with Gasteiger partial charge in [-0.1, -0.05) is 11.6 Å². The van der Waals surface area contributed by atoms with Crippen LogP contribution in [-0.2, 0) is 20.9 Å². The average molecular weight is 377 g/mol. The van der Waals surface area contributed by atoms with Crippen LogP contribution in [0.5, 0.6) is 0 Å². The molecule has 1 N–H and O–H groups in total. The first-order chi connectivity index (χ1) is 12.6. The van der Waals surface area contributed by atoms with Crippen molar-refractivity contribution < 1.29 is 18.7 Å². The van der Waals surface area contributed by atoms with Gasteiger partial charge in [0.2, 0.25) is 11.8 Å². The molecule has 0 saturated carbocycles. The number of halogens is 1. The normalized spacial score (nSPS) is 16.9. The van der Waals surface area contributed by atoms with Gasteiger partial charge in [-0.15, -0.1) is 0 Å². The van der Waals surface area contributed by atoms with E-state index in [1.54, 1.807) is 35.4 Å². The predicted octanol–water partition coefficient (Wildman–Crippen LogP) is 3.01. The van der Waals surface area contributed by atoms with E-state index in [1.807, 2.05) is 12.1 Å². The van der Waals surface area contributed by atoms with Crippen LogP contribution < -0.4 is 10.2 Å². The maximum absolute atomic E-state index is 12.5. The molecule has 1 saturated heterocycles. The Kier molecular flexibility index (Phi) is 6.30. The van der Waals surface area contributed by atoms with Crippen LogP contribution in [0.25, 0.3) is 0 Å². The molecule has 2 aromatic rings. The summed E-state index contributed by atoms with van der Waals surface area (Å²) in [4.78, 5) is 26.4. The summed E-state index contributed by atoms with van der Waals surface area (Å²) in [5.74, 6) is -0.251. The Bertz CT molecular complexity index is 731. The van der Waals surface area contributed by atoms with Gasteiger partial charge in [0.25, 0.3) is 0 Å². The number of nitrogens with zero attached hydrogens (tertiary/aromatic N) is 1. The lowest BCUT2D eigenvalue weighted by molar-refractivity contribution is -0.132. The molecule has 26 heavy (non-hydrogen) atoms. The first-order valence-corrected chi connectivity index (χ1v) is 8.98. The fraction of sp³-hybridized carbons (Fsp3) is 0.368. The molecular weight excluding hydrogens is 356 g/mol. The van der Waals surface area contributed by atoms with Crippen LogP contribution in [-0.4, -0.2) is 31.5 Å². The van der Waals surface area contributed by atoms with Crippen LogP contribution in [0, 0.1) is 5.92 Å². The van der Waals surface area contributed by atoms with Crippen molar-refractivity contribution in [1.29, 1.82) is 0 Å². The Hall–Kier alpha value is -2.31. The monoisotopic (exact) mass is 376 g/mol. The van der Waals surface area contributed by atoms with Crippen LogP contribution in [0.2, 0.25) is 5.02 Å². The van der Waals surface area contributed by atoms with Crippen LogP contribution in [0.4, 0.5) is 5.69 Å². The smallest absolute Gasteiger partial charge is 0.239 e. The summed E-state index contributed by atoms with van der Waals surface area (Å²) in [5, 5.41) is 3.43. The number of carbonyl (C=O) groups excluding carboxylic acids is 2. The lowest BCUT2D eigenvalue weighted by atomic mass is 10.1. The van der Waals surface area contributed by atoms with Crippen LogP contribution >= 0.6 is 11.6 Å². The highest BCUT2D eigenvalue weighted by Gasteiger charge is 2.37. The fourth-order valence-corrected chi connectivity index (χ4v) is 3.00. The molecule has 1 aliphatic rings. The van der Waals surface area contributed by atoms with E-state index in [0.29, 0.717) is 44.2 Å². The summed E-state index contributed by atoms with van der Waals surface area (Å²) < 4.78 is 10.6. The molecular formula is C19H21ClN2O4. The van der Waals surface area contributed by atoms with Gasteiger partial charge in [0.05, 0.1) is 6.26 Å². The first-order valence-electron chi connectivity index (χ1n) is 8.60. The van der Waals surface area contributed by atoms with Crippen LogP contribution in [0.15, 0.2) is 47.1 Å². The highest BCUT2D eigenvalue weighted by Crippen LogP contribution is 2.26. The Morgan fingerprint density at radius 1 is 1.31 bits per heavy atom. The second-order valence-corrected chi connectivity index (χ2v) is 6.52. The Labute approximate surface area is 157 Å². The summed E-state index contributed by atoms with van der Waals surface area (Å²) in [7, 11) is 0. The number of furan rings is 1. The molecule has 1 atom stereocenters. The Morgan fingerprint density at radius 2 is 2.12 bits per heavy atom. The molecule has 0 radical (unpaired) electrons. The van der Waals surface area contributed by atoms with Crippen molar-refractivity contribution in [3.63, 3.8) is 0 Å². The largest absolute Gasteiger partial charge is 0.467 e. The summed E-state index contributed by atoms with van der Waals surface area (Å²) in [6, 6.07) is 10.7. The number of hydrogen-bond acceptors (Lipinski definition) is 4. The average Bonchev–Trinajstić information content (AvgIpc) is 3.28. The van der Waals surface area contributed by atoms with E-state index in [9.17, 15) is 9.59 Å². The molecule has 2 amide bonds. The summed E-state index contributed by atoms with van der Waals surface area (Å²) in [6.45, 7) is 1.93. The number of ether oxygens (including phenoxy) is 1. The molecule has 1 aliphatic heterocycles. The third-order valence-corrected chi connectivity index (χ3v) is 4.50. The molecule has 2 heterocycles. The van der Waals surface area contributed by atoms with Gasteiger partial charge in [0.1, 0.15) is 18.3 Å². The van der Waals surface area contributed by atoms with Gasteiger partial charge >= 0.3 is 0 Å². The van der Waals surface area contributed by atoms with E-state index in [0.717, 1.165) is 11.4 Å². The minimum Gasteiger partial charge on any atom is -0.467 e. The molecule has 7 heteroatoms. The standard InChI is InChI=1S/C19H21ClN2O4/c20-14-4-6-15(7-5-14)22-10-8-17(19(22)24)18(23)21-9-2-11-25-13-16-3-1-12-26-16/h1,3-7,12,17H,2,8-11,13H2,(H,21,23). The number of hydrogen-bond donors (Lipinski definition) is 1. The third kappa shape index (κ3) is 4.65. The zero-order chi connectivity index (χ0) is 18.4. The molecule has 0 bridgehead atoms. The van der Waals surface area contributed by atoms with E-state index in [2.05, 4.69) is 5.32 Å². The first kappa shape index (κ1) is 18.5. The number of nitrogens with one attached hydrogen (secondary N) is 1. The van der Waals surface area contributed by atoms with E-state index in [-0.39, 0.29) is 11.8 Å². The molecule has 1 aromatic carbocycles. The van der Waals surface area contributed by atoms with Crippen molar-refractivity contribution in [2.75, 3.05) is 24.6 Å². The Balaban J connectivity index is 1.38. The second kappa shape index (κ2) is 8.87. The number of amides is 2. The number of anilines is 1. The minimum absolute atomic E-state index is 0.168. The predicted molar refractivity (Wildman–Crippen MR) is 97.9 cm³/mol. The lowest BCUT2D eigenvalue weighted by Gasteiger charge is -2.16. The molecule has 0 spiro atoms. The maximum atomic E-state index is 12.5. The van der Waals surface area contributed by atoms with Gasteiger partial charge in [-0.3, -0.25) is 9.59 Å². The van der Waals surface area contributed by atoms with Gasteiger partial charge in [0.15, 0.2) is 0 Å². The minimum atomic E-state index is -0.630. The van der Waals surface area contributed by atoms with Crippen molar-refractivity contribution in [3.05, 3.63) is 53.4 Å². The molecule has 3 rings (SSSR count). The molecule has 1 unspecified atom stereocenters. The van der Waals surface area contributed by atoms with Crippen molar-refractivity contribution >= 4 is 29.1 Å². The summed E-state index contributed by atoms with van der Waals surface area (Å²) in [5.41, 5.74) is 0.765. The van der Waals surface area contributed by atoms with E-state index in [4.69, 9.17) is 20.8 Å². The van der Waals surface area contributed by atoms with Crippen molar-refractivity contribution in [3.8, 4) is 0 Å². The van der Waals surface area contributed by atoms with Gasteiger partial charge in [0, 0.05) is 30.4 Å². The highest BCUT2D eigenvalue weighted by atomic mass is 35.5. The highest BCUT2D eigenvalue weighted by molar-refractivity contribution is 6.30. The molecule has 138 valence electrons. The number of rotatable bonds is 8. The zero-order valence-electron chi connectivity index (χ0n) is 14.3. The lowest BCUT2D eigenvalue weighted by Crippen LogP contribution is -2.37. The van der Waals surface area contributed by atoms with Crippen LogP contribution in [0.1, 0.15) is 18.6 Å². The Morgan fingerprint density at radius 3 is 2.85 bits per heavy atom. The van der Waals surface area contributed by atoms with Crippen LogP contribution in [0.3, 0.4) is 0 Å². The van der Waals surface area contributed by atoms with E-state index < -0.39 is 5.92 Å². The summed E-state index contributed by atoms with van der Waals surface area (Å²) in [6.07, 6.45) is 2.79. The number of benzene rings is 1. The quantitative estimate of drug-likeness (QED) is 0.568. The molecule has 0 aliphatic carbocycles. The fourth-order valence-electron chi connectivity index (χ4n) is 2.88. The van der Waals surface area contributed by atoms with E-state index in [1.165, 1.54) is 0 Å². The molecule has 1 fully saturated rings.